The molecule has 1 aliphatic heterocycles. The van der Waals surface area contributed by atoms with Gasteiger partial charge in [-0.15, -0.1) is 11.3 Å². The molecule has 0 radical (unpaired) electrons. The molecule has 100 valence electrons. The topological polar surface area (TPSA) is 52.6 Å². The second-order valence-electron chi connectivity index (χ2n) is 4.11. The van der Waals surface area contributed by atoms with Crippen molar-refractivity contribution in [2.24, 2.45) is 0 Å². The normalized spacial score (nSPS) is 12.7. The third-order valence-electron chi connectivity index (χ3n) is 2.78. The van der Waals surface area contributed by atoms with E-state index in [1.807, 2.05) is 24.6 Å². The number of hydrogen-bond acceptors (Lipinski definition) is 6. The lowest BCUT2D eigenvalue weighted by Gasteiger charge is -2.11. The first-order chi connectivity index (χ1) is 9.36. The standard InChI is InChI=1S/C13H14N2O3S/c1-14-4-9-2-12-13(18-8-17-12)3-11(9)16-5-10-6-19-7-15-10/h2-3,6-7,14H,4-5,8H2,1H3. The molecule has 5 nitrogen and oxygen atoms in total. The van der Waals surface area contributed by atoms with Crippen molar-refractivity contribution in [3.63, 3.8) is 0 Å². The van der Waals surface area contributed by atoms with Gasteiger partial charge in [-0.25, -0.2) is 4.98 Å². The Labute approximate surface area is 115 Å². The van der Waals surface area contributed by atoms with Gasteiger partial charge in [0.1, 0.15) is 12.4 Å². The van der Waals surface area contributed by atoms with Crippen LogP contribution in [0.25, 0.3) is 0 Å². The molecule has 6 heteroatoms. The summed E-state index contributed by atoms with van der Waals surface area (Å²) in [4.78, 5) is 4.20. The number of thiazole rings is 1. The largest absolute Gasteiger partial charge is 0.487 e. The molecule has 3 rings (SSSR count). The van der Waals surface area contributed by atoms with E-state index in [1.165, 1.54) is 0 Å². The van der Waals surface area contributed by atoms with Crippen LogP contribution in [0.15, 0.2) is 23.0 Å². The smallest absolute Gasteiger partial charge is 0.231 e. The van der Waals surface area contributed by atoms with Crippen molar-refractivity contribution in [2.45, 2.75) is 13.2 Å². The minimum atomic E-state index is 0.268. The summed E-state index contributed by atoms with van der Waals surface area (Å²) in [6.45, 7) is 1.44. The highest BCUT2D eigenvalue weighted by atomic mass is 32.1. The summed E-state index contributed by atoms with van der Waals surface area (Å²) < 4.78 is 16.6. The number of rotatable bonds is 5. The molecule has 0 fully saturated rings. The first-order valence-electron chi connectivity index (χ1n) is 5.94. The summed E-state index contributed by atoms with van der Waals surface area (Å²) in [5.41, 5.74) is 3.77. The van der Waals surface area contributed by atoms with Gasteiger partial charge in [0.05, 0.1) is 11.2 Å². The maximum Gasteiger partial charge on any atom is 0.231 e. The molecule has 2 aromatic rings. The fraction of sp³-hybridized carbons (Fsp3) is 0.308. The van der Waals surface area contributed by atoms with Crippen molar-refractivity contribution < 1.29 is 14.2 Å². The van der Waals surface area contributed by atoms with Crippen LogP contribution in [-0.4, -0.2) is 18.8 Å². The van der Waals surface area contributed by atoms with Crippen molar-refractivity contribution in [1.29, 1.82) is 0 Å². The van der Waals surface area contributed by atoms with E-state index in [0.29, 0.717) is 13.2 Å². The van der Waals surface area contributed by atoms with Crippen molar-refractivity contribution in [2.75, 3.05) is 13.8 Å². The third-order valence-corrected chi connectivity index (χ3v) is 3.42. The molecule has 1 aromatic carbocycles. The number of nitrogens with zero attached hydrogens (tertiary/aromatic N) is 1. The molecule has 1 N–H and O–H groups in total. The zero-order valence-corrected chi connectivity index (χ0v) is 11.3. The second kappa shape index (κ2) is 5.46. The number of benzene rings is 1. The number of aromatic nitrogens is 1. The van der Waals surface area contributed by atoms with Gasteiger partial charge in [0.25, 0.3) is 0 Å². The van der Waals surface area contributed by atoms with Crippen molar-refractivity contribution in [1.82, 2.24) is 10.3 Å². The highest BCUT2D eigenvalue weighted by Crippen LogP contribution is 2.38. The van der Waals surface area contributed by atoms with Crippen LogP contribution in [0.4, 0.5) is 0 Å². The van der Waals surface area contributed by atoms with E-state index in [-0.39, 0.29) is 6.79 Å². The molecule has 0 saturated carbocycles. The number of fused-ring (bicyclic) bond motifs is 1. The fourth-order valence-electron chi connectivity index (χ4n) is 1.89. The minimum Gasteiger partial charge on any atom is -0.487 e. The molecule has 0 saturated heterocycles. The fourth-order valence-corrected chi connectivity index (χ4v) is 2.43. The Bertz CT molecular complexity index is 557. The SMILES string of the molecule is CNCc1cc2c(cc1OCc1cscn1)OCO2. The first-order valence-corrected chi connectivity index (χ1v) is 6.88. The van der Waals surface area contributed by atoms with Crippen LogP contribution in [-0.2, 0) is 13.2 Å². The van der Waals surface area contributed by atoms with Gasteiger partial charge in [0, 0.05) is 23.6 Å². The van der Waals surface area contributed by atoms with Gasteiger partial charge in [0.15, 0.2) is 11.5 Å². The maximum absolute atomic E-state index is 5.83. The third kappa shape index (κ3) is 2.64. The zero-order chi connectivity index (χ0) is 13.1. The number of ether oxygens (including phenoxy) is 3. The second-order valence-corrected chi connectivity index (χ2v) is 4.83. The Morgan fingerprint density at radius 2 is 2.21 bits per heavy atom. The molecule has 0 bridgehead atoms. The summed E-state index contributed by atoms with van der Waals surface area (Å²) in [6, 6.07) is 3.83. The van der Waals surface area contributed by atoms with Gasteiger partial charge in [0.2, 0.25) is 6.79 Å². The van der Waals surface area contributed by atoms with E-state index in [9.17, 15) is 0 Å². The Morgan fingerprint density at radius 1 is 1.37 bits per heavy atom. The quantitative estimate of drug-likeness (QED) is 0.908. The summed E-state index contributed by atoms with van der Waals surface area (Å²) in [6.07, 6.45) is 0. The van der Waals surface area contributed by atoms with E-state index in [0.717, 1.165) is 28.5 Å². The van der Waals surface area contributed by atoms with Gasteiger partial charge in [-0.3, -0.25) is 0 Å². The molecule has 0 amide bonds. The minimum absolute atomic E-state index is 0.268. The predicted molar refractivity (Wildman–Crippen MR) is 71.8 cm³/mol. The summed E-state index contributed by atoms with van der Waals surface area (Å²) in [5, 5.41) is 5.10. The van der Waals surface area contributed by atoms with Crippen LogP contribution in [0.5, 0.6) is 17.2 Å². The van der Waals surface area contributed by atoms with Crippen molar-refractivity contribution in [3.05, 3.63) is 34.3 Å². The van der Waals surface area contributed by atoms with Gasteiger partial charge >= 0.3 is 0 Å². The van der Waals surface area contributed by atoms with Gasteiger partial charge in [-0.2, -0.15) is 0 Å². The molecule has 0 spiro atoms. The maximum atomic E-state index is 5.83. The molecule has 0 unspecified atom stereocenters. The molecular formula is C13H14N2O3S. The van der Waals surface area contributed by atoms with Crippen LogP contribution in [0.3, 0.4) is 0 Å². The predicted octanol–water partition coefficient (Wildman–Crippen LogP) is 2.17. The van der Waals surface area contributed by atoms with Gasteiger partial charge < -0.3 is 19.5 Å². The molecule has 0 atom stereocenters. The van der Waals surface area contributed by atoms with Gasteiger partial charge in [-0.1, -0.05) is 0 Å². The lowest BCUT2D eigenvalue weighted by atomic mass is 10.1. The summed E-state index contributed by atoms with van der Waals surface area (Å²) in [5.74, 6) is 2.30. The highest BCUT2D eigenvalue weighted by molar-refractivity contribution is 7.07. The van der Waals surface area contributed by atoms with Crippen LogP contribution in [0.2, 0.25) is 0 Å². The lowest BCUT2D eigenvalue weighted by Crippen LogP contribution is -2.07. The van der Waals surface area contributed by atoms with Gasteiger partial charge in [-0.05, 0) is 13.1 Å². The van der Waals surface area contributed by atoms with E-state index in [1.54, 1.807) is 16.8 Å². The zero-order valence-electron chi connectivity index (χ0n) is 10.5. The lowest BCUT2D eigenvalue weighted by molar-refractivity contribution is 0.173. The first kappa shape index (κ1) is 12.3. The van der Waals surface area contributed by atoms with Crippen LogP contribution >= 0.6 is 11.3 Å². The summed E-state index contributed by atoms with van der Waals surface area (Å²) in [7, 11) is 1.90. The summed E-state index contributed by atoms with van der Waals surface area (Å²) >= 11 is 1.56. The van der Waals surface area contributed by atoms with E-state index >= 15 is 0 Å². The van der Waals surface area contributed by atoms with E-state index in [4.69, 9.17) is 14.2 Å². The Kier molecular flexibility index (Phi) is 3.52. The molecular weight excluding hydrogens is 264 g/mol. The Hall–Kier alpha value is -1.79. The molecule has 19 heavy (non-hydrogen) atoms. The average molecular weight is 278 g/mol. The number of hydrogen-bond donors (Lipinski definition) is 1. The molecule has 2 heterocycles. The van der Waals surface area contributed by atoms with E-state index < -0.39 is 0 Å². The van der Waals surface area contributed by atoms with Crippen LogP contribution < -0.4 is 19.5 Å². The Morgan fingerprint density at radius 3 is 2.95 bits per heavy atom. The number of nitrogens with one attached hydrogen (secondary N) is 1. The monoisotopic (exact) mass is 278 g/mol. The Balaban J connectivity index is 1.82. The average Bonchev–Trinajstić information content (AvgIpc) is 3.07. The van der Waals surface area contributed by atoms with Crippen molar-refractivity contribution in [3.8, 4) is 17.2 Å². The molecule has 0 aliphatic carbocycles. The van der Waals surface area contributed by atoms with Crippen molar-refractivity contribution >= 4 is 11.3 Å². The molecule has 1 aromatic heterocycles. The van der Waals surface area contributed by atoms with Crippen LogP contribution in [0.1, 0.15) is 11.3 Å². The van der Waals surface area contributed by atoms with E-state index in [2.05, 4.69) is 10.3 Å². The molecule has 1 aliphatic rings. The highest BCUT2D eigenvalue weighted by Gasteiger charge is 2.18. The van der Waals surface area contributed by atoms with Crippen LogP contribution in [0, 0.1) is 0 Å².